The summed E-state index contributed by atoms with van der Waals surface area (Å²) in [6.07, 6.45) is 14.6. The number of aliphatic hydroxyl groups is 1. The van der Waals surface area contributed by atoms with Gasteiger partial charge in [0.25, 0.3) is 0 Å². The first-order chi connectivity index (χ1) is 14.3. The van der Waals surface area contributed by atoms with Crippen molar-refractivity contribution in [2.24, 2.45) is 5.41 Å². The van der Waals surface area contributed by atoms with Crippen LogP contribution in [0.25, 0.3) is 0 Å². The van der Waals surface area contributed by atoms with E-state index in [1.807, 2.05) is 12.1 Å². The fourth-order valence-corrected chi connectivity index (χ4v) is 7.06. The van der Waals surface area contributed by atoms with E-state index >= 15 is 0 Å². The Balaban J connectivity index is 1.40. The zero-order valence-electron chi connectivity index (χ0n) is 18.4. The molecule has 4 rings (SSSR count). The molecule has 0 radical (unpaired) electrons. The van der Waals surface area contributed by atoms with Crippen molar-refractivity contribution >= 4 is 15.7 Å². The third kappa shape index (κ3) is 4.86. The summed E-state index contributed by atoms with van der Waals surface area (Å²) in [6, 6.07) is 8.72. The van der Waals surface area contributed by atoms with E-state index < -0.39 is 10.0 Å². The van der Waals surface area contributed by atoms with Crippen LogP contribution in [0.4, 0.5) is 5.69 Å². The maximum atomic E-state index is 11.7. The lowest BCUT2D eigenvalue weighted by atomic mass is 9.63. The highest BCUT2D eigenvalue weighted by atomic mass is 32.2. The molecule has 2 unspecified atom stereocenters. The van der Waals surface area contributed by atoms with Gasteiger partial charge >= 0.3 is 0 Å². The van der Waals surface area contributed by atoms with E-state index in [4.69, 9.17) is 0 Å². The minimum Gasteiger partial charge on any atom is -0.396 e. The number of fused-ring (bicyclic) bond motifs is 2. The summed E-state index contributed by atoms with van der Waals surface area (Å²) in [5.74, 6) is 0. The van der Waals surface area contributed by atoms with E-state index in [1.54, 1.807) is 0 Å². The van der Waals surface area contributed by atoms with Crippen molar-refractivity contribution < 1.29 is 13.5 Å². The second kappa shape index (κ2) is 8.79. The van der Waals surface area contributed by atoms with Gasteiger partial charge in [-0.05, 0) is 93.0 Å². The van der Waals surface area contributed by atoms with Gasteiger partial charge in [-0.25, -0.2) is 8.42 Å². The number of hydrogen-bond acceptors (Lipinski definition) is 4. The van der Waals surface area contributed by atoms with Gasteiger partial charge in [-0.1, -0.05) is 31.4 Å². The van der Waals surface area contributed by atoms with Gasteiger partial charge in [0.2, 0.25) is 10.0 Å². The fraction of sp³-hybridized carbons (Fsp3) is 0.750. The highest BCUT2D eigenvalue weighted by Gasteiger charge is 2.43. The maximum Gasteiger partial charge on any atom is 0.229 e. The van der Waals surface area contributed by atoms with Crippen molar-refractivity contribution in [1.29, 1.82) is 0 Å². The molecule has 5 nitrogen and oxygen atoms in total. The minimum atomic E-state index is -3.26. The molecule has 3 aliphatic rings. The van der Waals surface area contributed by atoms with E-state index in [-0.39, 0.29) is 10.8 Å². The number of nitrogens with zero attached hydrogens (tertiary/aromatic N) is 1. The number of hydrogen-bond donors (Lipinski definition) is 2. The summed E-state index contributed by atoms with van der Waals surface area (Å²) in [6.45, 7) is 2.64. The standard InChI is InChI=1S/C24H38N2O3S/c1-30(28,29)25-21-8-4-7-20(17-21)24-13-5-9-22(18-24)26(16-14-24)15-6-12-23(19-27)10-2-3-11-23/h4,7-8,17,22,25,27H,2-3,5-6,9-16,18-19H2,1H3. The van der Waals surface area contributed by atoms with Crippen molar-refractivity contribution in [2.45, 2.75) is 82.1 Å². The number of anilines is 1. The average molecular weight is 435 g/mol. The minimum absolute atomic E-state index is 0.187. The zero-order chi connectivity index (χ0) is 21.2. The summed E-state index contributed by atoms with van der Waals surface area (Å²) in [7, 11) is -3.26. The first-order valence-electron chi connectivity index (χ1n) is 11.8. The van der Waals surface area contributed by atoms with Gasteiger partial charge in [-0.2, -0.15) is 0 Å². The van der Waals surface area contributed by atoms with Crippen molar-refractivity contribution in [3.8, 4) is 0 Å². The SMILES string of the molecule is CS(=O)(=O)Nc1cccc(C23CCCC(C2)N(CCCC2(CO)CCCC2)CC3)c1. The molecule has 30 heavy (non-hydrogen) atoms. The molecule has 0 spiro atoms. The Kier molecular flexibility index (Phi) is 6.48. The molecule has 2 bridgehead atoms. The topological polar surface area (TPSA) is 69.6 Å². The number of benzene rings is 1. The normalized spacial score (nSPS) is 29.1. The van der Waals surface area contributed by atoms with Crippen LogP contribution in [0, 0.1) is 5.41 Å². The Bertz CT molecular complexity index is 835. The molecule has 1 saturated heterocycles. The number of aliphatic hydroxyl groups excluding tert-OH is 1. The average Bonchev–Trinajstić information content (AvgIpc) is 3.18. The molecular formula is C24H38N2O3S. The van der Waals surface area contributed by atoms with E-state index in [2.05, 4.69) is 21.8 Å². The molecule has 1 aromatic rings. The van der Waals surface area contributed by atoms with Crippen LogP contribution in [0.15, 0.2) is 24.3 Å². The lowest BCUT2D eigenvalue weighted by Crippen LogP contribution is -2.52. The van der Waals surface area contributed by atoms with Crippen molar-refractivity contribution in [3.05, 3.63) is 29.8 Å². The Hall–Kier alpha value is -1.11. The Morgan fingerprint density at radius 3 is 2.70 bits per heavy atom. The Morgan fingerprint density at radius 1 is 1.17 bits per heavy atom. The number of likely N-dealkylation sites (tertiary alicyclic amines) is 1. The third-order valence-electron chi connectivity index (χ3n) is 8.14. The molecule has 2 atom stereocenters. The predicted octanol–water partition coefficient (Wildman–Crippen LogP) is 4.28. The Morgan fingerprint density at radius 2 is 1.97 bits per heavy atom. The lowest BCUT2D eigenvalue weighted by Gasteiger charge is -2.51. The number of nitrogens with one attached hydrogen (secondary N) is 1. The van der Waals surface area contributed by atoms with Crippen molar-refractivity contribution in [2.75, 3.05) is 30.7 Å². The molecule has 1 aliphatic heterocycles. The number of rotatable bonds is 8. The van der Waals surface area contributed by atoms with Crippen LogP contribution in [0.1, 0.15) is 76.2 Å². The molecule has 168 valence electrons. The van der Waals surface area contributed by atoms with Crippen LogP contribution in [-0.4, -0.2) is 50.4 Å². The third-order valence-corrected chi connectivity index (χ3v) is 8.75. The molecule has 6 heteroatoms. The maximum absolute atomic E-state index is 11.7. The summed E-state index contributed by atoms with van der Waals surface area (Å²) >= 11 is 0. The van der Waals surface area contributed by atoms with Gasteiger partial charge in [-0.15, -0.1) is 0 Å². The monoisotopic (exact) mass is 434 g/mol. The van der Waals surface area contributed by atoms with E-state index in [0.29, 0.717) is 18.3 Å². The molecule has 2 aliphatic carbocycles. The van der Waals surface area contributed by atoms with Gasteiger partial charge in [0.05, 0.1) is 6.26 Å². The largest absolute Gasteiger partial charge is 0.396 e. The van der Waals surface area contributed by atoms with Crippen LogP contribution < -0.4 is 4.72 Å². The lowest BCUT2D eigenvalue weighted by molar-refractivity contribution is 0.0441. The molecule has 2 N–H and O–H groups in total. The summed E-state index contributed by atoms with van der Waals surface area (Å²) in [5, 5.41) is 9.89. The smallest absolute Gasteiger partial charge is 0.229 e. The van der Waals surface area contributed by atoms with Crippen molar-refractivity contribution in [3.63, 3.8) is 0 Å². The van der Waals surface area contributed by atoms with Crippen LogP contribution in [0.2, 0.25) is 0 Å². The molecule has 2 saturated carbocycles. The second-order valence-electron chi connectivity index (χ2n) is 10.2. The van der Waals surface area contributed by atoms with E-state index in [9.17, 15) is 13.5 Å². The quantitative estimate of drug-likeness (QED) is 0.641. The number of sulfonamides is 1. The molecule has 1 heterocycles. The molecule has 0 amide bonds. The van der Waals surface area contributed by atoms with Gasteiger partial charge in [0.15, 0.2) is 0 Å². The summed E-state index contributed by atoms with van der Waals surface area (Å²) < 4.78 is 25.9. The molecule has 1 aromatic carbocycles. The van der Waals surface area contributed by atoms with Gasteiger partial charge in [-0.3, -0.25) is 4.72 Å². The highest BCUT2D eigenvalue weighted by Crippen LogP contribution is 2.48. The fourth-order valence-electron chi connectivity index (χ4n) is 6.51. The van der Waals surface area contributed by atoms with Crippen LogP contribution in [0.5, 0.6) is 0 Å². The van der Waals surface area contributed by atoms with Crippen LogP contribution in [0.3, 0.4) is 0 Å². The van der Waals surface area contributed by atoms with Gasteiger partial charge in [0.1, 0.15) is 0 Å². The van der Waals surface area contributed by atoms with Crippen molar-refractivity contribution in [1.82, 2.24) is 4.90 Å². The first kappa shape index (κ1) is 22.1. The summed E-state index contributed by atoms with van der Waals surface area (Å²) in [5.41, 5.74) is 2.37. The molecule has 0 aromatic heterocycles. The molecule has 3 fully saturated rings. The van der Waals surface area contributed by atoms with Gasteiger partial charge in [0, 0.05) is 18.3 Å². The predicted molar refractivity (Wildman–Crippen MR) is 122 cm³/mol. The summed E-state index contributed by atoms with van der Waals surface area (Å²) in [4.78, 5) is 2.70. The highest BCUT2D eigenvalue weighted by molar-refractivity contribution is 7.92. The zero-order valence-corrected chi connectivity index (χ0v) is 19.2. The first-order valence-corrected chi connectivity index (χ1v) is 13.7. The van der Waals surface area contributed by atoms with E-state index in [1.165, 1.54) is 69.6 Å². The van der Waals surface area contributed by atoms with Crippen LogP contribution >= 0.6 is 0 Å². The van der Waals surface area contributed by atoms with E-state index in [0.717, 1.165) is 25.9 Å². The second-order valence-corrected chi connectivity index (χ2v) is 12.0. The number of piperidine rings is 1. The van der Waals surface area contributed by atoms with Crippen LogP contribution in [-0.2, 0) is 15.4 Å². The molecular weight excluding hydrogens is 396 g/mol. The van der Waals surface area contributed by atoms with Gasteiger partial charge < -0.3 is 10.0 Å². The Labute approximate surface area is 182 Å².